The Morgan fingerprint density at radius 1 is 0.957 bits per heavy atom. The molecule has 2 aliphatic heterocycles. The number of carbonyl (C=O) groups is 2. The maximum absolute atomic E-state index is 13.3. The van der Waals surface area contributed by atoms with E-state index >= 15 is 0 Å². The van der Waals surface area contributed by atoms with Crippen LogP contribution in [0.15, 0.2) is 60.7 Å². The zero-order chi connectivity index (χ0) is 32.5. The first-order chi connectivity index (χ1) is 22.3. The lowest BCUT2D eigenvalue weighted by Gasteiger charge is -2.37. The van der Waals surface area contributed by atoms with E-state index in [9.17, 15) is 23.5 Å². The van der Waals surface area contributed by atoms with Gasteiger partial charge in [0.2, 0.25) is 0 Å². The van der Waals surface area contributed by atoms with Gasteiger partial charge < -0.3 is 38.6 Å². The van der Waals surface area contributed by atoms with Gasteiger partial charge in [-0.05, 0) is 60.4 Å². The molecule has 0 saturated carbocycles. The fourth-order valence-corrected chi connectivity index (χ4v) is 5.61. The van der Waals surface area contributed by atoms with Crippen LogP contribution in [-0.2, 0) is 20.9 Å². The smallest absolute Gasteiger partial charge is 0.407 e. The molecule has 0 aromatic heterocycles. The second-order valence-corrected chi connectivity index (χ2v) is 11.2. The molecule has 0 spiro atoms. The molecule has 2 amide bonds. The molecule has 5 rings (SSSR count). The molecule has 10 nitrogen and oxygen atoms in total. The summed E-state index contributed by atoms with van der Waals surface area (Å²) in [5.41, 5.74) is 2.54. The highest BCUT2D eigenvalue weighted by Crippen LogP contribution is 2.35. The Morgan fingerprint density at radius 3 is 2.46 bits per heavy atom. The van der Waals surface area contributed by atoms with E-state index in [0.29, 0.717) is 62.8 Å². The van der Waals surface area contributed by atoms with E-state index < -0.39 is 23.8 Å². The third-order valence-corrected chi connectivity index (χ3v) is 8.02. The molecule has 2 atom stereocenters. The van der Waals surface area contributed by atoms with Crippen molar-refractivity contribution in [2.75, 3.05) is 58.1 Å². The Balaban J connectivity index is 1.18. The van der Waals surface area contributed by atoms with Gasteiger partial charge in [-0.15, -0.1) is 0 Å². The van der Waals surface area contributed by atoms with Crippen molar-refractivity contribution in [2.24, 2.45) is 0 Å². The number of hydrogen-bond acceptors (Lipinski definition) is 7. The van der Waals surface area contributed by atoms with E-state index in [0.717, 1.165) is 23.3 Å². The van der Waals surface area contributed by atoms with Crippen LogP contribution in [-0.4, -0.2) is 81.3 Å². The predicted molar refractivity (Wildman–Crippen MR) is 165 cm³/mol. The molecule has 46 heavy (non-hydrogen) atoms. The Morgan fingerprint density at radius 2 is 1.72 bits per heavy atom. The zero-order valence-electron chi connectivity index (χ0n) is 25.7. The van der Waals surface area contributed by atoms with Crippen LogP contribution in [0.1, 0.15) is 36.3 Å². The van der Waals surface area contributed by atoms with Crippen molar-refractivity contribution in [3.05, 3.63) is 83.4 Å². The van der Waals surface area contributed by atoms with Crippen LogP contribution >= 0.6 is 0 Å². The van der Waals surface area contributed by atoms with Gasteiger partial charge in [0.1, 0.15) is 17.2 Å². The number of methoxy groups -OCH3 is 1. The van der Waals surface area contributed by atoms with Crippen molar-refractivity contribution >= 4 is 17.7 Å². The quantitative estimate of drug-likeness (QED) is 0.226. The molecule has 0 bridgehead atoms. The first kappa shape index (κ1) is 33.0. The van der Waals surface area contributed by atoms with Crippen LogP contribution in [0.4, 0.5) is 19.3 Å². The van der Waals surface area contributed by atoms with Crippen LogP contribution < -0.4 is 19.1 Å². The third-order valence-electron chi connectivity index (χ3n) is 8.02. The number of anilines is 1. The van der Waals surface area contributed by atoms with E-state index in [1.165, 1.54) is 11.0 Å². The molecular weight excluding hydrogens is 602 g/mol. The van der Waals surface area contributed by atoms with E-state index in [1.807, 2.05) is 42.5 Å². The number of amides is 2. The highest BCUT2D eigenvalue weighted by molar-refractivity contribution is 5.97. The maximum atomic E-state index is 13.3. The lowest BCUT2D eigenvalue weighted by molar-refractivity contribution is -0.121. The second kappa shape index (κ2) is 15.7. The number of nitrogens with zero attached hydrogens (tertiary/aromatic N) is 2. The monoisotopic (exact) mass is 640 g/mol. The number of hydrogen-bond donors (Lipinski definition) is 1. The van der Waals surface area contributed by atoms with Crippen LogP contribution in [0.25, 0.3) is 0 Å². The average molecular weight is 641 g/mol. The second-order valence-electron chi connectivity index (χ2n) is 11.2. The Labute approximate surface area is 266 Å². The standard InChI is InChI=1S/C34H38F2N2O8/c1-42-15-2-13-38-30-18-23(4-11-31(30)46-22-33(38)39)21-45-32-20-37(34(40)41)14-12-27(32)24-5-7-25(8-6-24)43-16-3-17-44-26-9-10-28(35)29(36)19-26/h4-11,18-19,27,32H,2-3,12-17,20-22H2,1H3,(H,40,41). The summed E-state index contributed by atoms with van der Waals surface area (Å²) in [6.45, 7) is 2.54. The highest BCUT2D eigenvalue weighted by Gasteiger charge is 2.33. The van der Waals surface area contributed by atoms with Gasteiger partial charge in [-0.25, -0.2) is 13.6 Å². The minimum atomic E-state index is -0.986. The number of ether oxygens (including phenoxy) is 5. The average Bonchev–Trinajstić information content (AvgIpc) is 3.06. The summed E-state index contributed by atoms with van der Waals surface area (Å²) in [4.78, 5) is 27.5. The predicted octanol–water partition coefficient (Wildman–Crippen LogP) is 5.63. The van der Waals surface area contributed by atoms with Crippen LogP contribution in [0, 0.1) is 11.6 Å². The molecule has 0 radical (unpaired) electrons. The molecular formula is C34H38F2N2O8. The largest absolute Gasteiger partial charge is 0.493 e. The van der Waals surface area contributed by atoms with Crippen molar-refractivity contribution in [3.63, 3.8) is 0 Å². The molecule has 3 aromatic carbocycles. The van der Waals surface area contributed by atoms with Gasteiger partial charge in [-0.1, -0.05) is 18.2 Å². The van der Waals surface area contributed by atoms with Gasteiger partial charge in [0, 0.05) is 45.2 Å². The fraction of sp³-hybridized carbons (Fsp3) is 0.412. The van der Waals surface area contributed by atoms with Gasteiger partial charge in [0.05, 0.1) is 38.2 Å². The number of likely N-dealkylation sites (tertiary alicyclic amines) is 1. The summed E-state index contributed by atoms with van der Waals surface area (Å²) in [6, 6.07) is 16.7. The number of fused-ring (bicyclic) bond motifs is 1. The highest BCUT2D eigenvalue weighted by atomic mass is 19.2. The lowest BCUT2D eigenvalue weighted by Crippen LogP contribution is -2.46. The third kappa shape index (κ3) is 8.43. The van der Waals surface area contributed by atoms with Crippen molar-refractivity contribution < 1.29 is 47.2 Å². The number of benzene rings is 3. The SMILES string of the molecule is COCCCN1C(=O)COc2ccc(COC3CN(C(=O)O)CCC3c3ccc(OCCCOc4ccc(F)c(F)c4)cc3)cc21. The number of rotatable bonds is 14. The lowest BCUT2D eigenvalue weighted by atomic mass is 9.87. The van der Waals surface area contributed by atoms with E-state index in [4.69, 9.17) is 23.7 Å². The molecule has 0 aliphatic carbocycles. The van der Waals surface area contributed by atoms with Gasteiger partial charge in [0.15, 0.2) is 18.2 Å². The summed E-state index contributed by atoms with van der Waals surface area (Å²) < 4.78 is 54.8. The minimum Gasteiger partial charge on any atom is -0.493 e. The molecule has 1 fully saturated rings. The first-order valence-electron chi connectivity index (χ1n) is 15.3. The number of carbonyl (C=O) groups excluding carboxylic acids is 1. The van der Waals surface area contributed by atoms with Gasteiger partial charge in [-0.3, -0.25) is 4.79 Å². The summed E-state index contributed by atoms with van der Waals surface area (Å²) in [5.74, 6) is -0.485. The van der Waals surface area contributed by atoms with Crippen LogP contribution in [0.5, 0.6) is 17.2 Å². The molecule has 12 heteroatoms. The molecule has 246 valence electrons. The molecule has 1 N–H and O–H groups in total. The Hall–Kier alpha value is -4.42. The summed E-state index contributed by atoms with van der Waals surface area (Å²) in [6.07, 6.45) is 0.448. The van der Waals surface area contributed by atoms with Crippen molar-refractivity contribution in [1.82, 2.24) is 4.90 Å². The van der Waals surface area contributed by atoms with Gasteiger partial charge in [-0.2, -0.15) is 0 Å². The summed E-state index contributed by atoms with van der Waals surface area (Å²) in [5, 5.41) is 9.67. The van der Waals surface area contributed by atoms with Crippen molar-refractivity contribution in [2.45, 2.75) is 37.9 Å². The van der Waals surface area contributed by atoms with Crippen LogP contribution in [0.2, 0.25) is 0 Å². The summed E-state index contributed by atoms with van der Waals surface area (Å²) >= 11 is 0. The van der Waals surface area contributed by atoms with Crippen molar-refractivity contribution in [3.8, 4) is 17.2 Å². The van der Waals surface area contributed by atoms with E-state index in [-0.39, 0.29) is 43.9 Å². The molecule has 2 aliphatic rings. The summed E-state index contributed by atoms with van der Waals surface area (Å²) in [7, 11) is 1.62. The van der Waals surface area contributed by atoms with Gasteiger partial charge in [0.25, 0.3) is 5.91 Å². The number of piperidine rings is 1. The van der Waals surface area contributed by atoms with E-state index in [1.54, 1.807) is 12.0 Å². The molecule has 2 unspecified atom stereocenters. The first-order valence-corrected chi connectivity index (χ1v) is 15.3. The molecule has 3 aromatic rings. The zero-order valence-corrected chi connectivity index (χ0v) is 25.7. The number of carboxylic acid groups (broad SMARTS) is 1. The molecule has 1 saturated heterocycles. The Bertz CT molecular complexity index is 1490. The maximum Gasteiger partial charge on any atom is 0.407 e. The van der Waals surface area contributed by atoms with Crippen molar-refractivity contribution in [1.29, 1.82) is 0 Å². The minimum absolute atomic E-state index is 0.0112. The van der Waals surface area contributed by atoms with Gasteiger partial charge >= 0.3 is 6.09 Å². The molecule has 2 heterocycles. The fourth-order valence-electron chi connectivity index (χ4n) is 5.61. The van der Waals surface area contributed by atoms with E-state index in [2.05, 4.69) is 0 Å². The normalized spacial score (nSPS) is 17.8. The number of halogens is 2. The Kier molecular flexibility index (Phi) is 11.3. The van der Waals surface area contributed by atoms with Crippen LogP contribution in [0.3, 0.4) is 0 Å². The topological polar surface area (TPSA) is 107 Å².